The highest BCUT2D eigenvalue weighted by Crippen LogP contribution is 2.35. The van der Waals surface area contributed by atoms with E-state index in [9.17, 15) is 14.4 Å². The van der Waals surface area contributed by atoms with E-state index in [0.29, 0.717) is 16.1 Å². The van der Waals surface area contributed by atoms with E-state index in [0.717, 1.165) is 29.4 Å². The summed E-state index contributed by atoms with van der Waals surface area (Å²) in [4.78, 5) is 39.7. The predicted molar refractivity (Wildman–Crippen MR) is 80.1 cm³/mol. The fourth-order valence-electron chi connectivity index (χ4n) is 2.87. The number of thiophene rings is 1. The highest BCUT2D eigenvalue weighted by molar-refractivity contribution is 7.18. The van der Waals surface area contributed by atoms with Crippen molar-refractivity contribution in [1.82, 2.24) is 9.55 Å². The summed E-state index contributed by atoms with van der Waals surface area (Å²) in [5, 5.41) is 9.30. The van der Waals surface area contributed by atoms with Crippen molar-refractivity contribution in [2.24, 2.45) is 5.92 Å². The Labute approximate surface area is 124 Å². The van der Waals surface area contributed by atoms with E-state index < -0.39 is 11.7 Å². The third-order valence-electron chi connectivity index (χ3n) is 3.99. The van der Waals surface area contributed by atoms with Gasteiger partial charge >= 0.3 is 11.7 Å². The van der Waals surface area contributed by atoms with Crippen LogP contribution in [-0.2, 0) is 24.2 Å². The highest BCUT2D eigenvalue weighted by Gasteiger charge is 2.23. The molecule has 0 saturated carbocycles. The lowest BCUT2D eigenvalue weighted by atomic mass is 9.89. The molecule has 2 heterocycles. The molecule has 0 spiro atoms. The quantitative estimate of drug-likeness (QED) is 0.895. The van der Waals surface area contributed by atoms with Crippen molar-refractivity contribution in [3.05, 3.63) is 31.3 Å². The highest BCUT2D eigenvalue weighted by atomic mass is 32.1. The Balaban J connectivity index is 2.17. The van der Waals surface area contributed by atoms with Crippen LogP contribution in [0, 0.1) is 5.92 Å². The standard InChI is InChI=1S/C14H16N2O4S/c1-7-2-3-8-9(6-7)21-12-11(8)13(19)16(14(20)15-12)5-4-10(17)18/h7H,2-6H2,1H3,(H,15,20)(H,17,18). The molecule has 2 N–H and O–H groups in total. The lowest BCUT2D eigenvalue weighted by Crippen LogP contribution is -2.35. The first-order valence-corrected chi connectivity index (χ1v) is 7.78. The summed E-state index contributed by atoms with van der Waals surface area (Å²) < 4.78 is 1.00. The van der Waals surface area contributed by atoms with Crippen molar-refractivity contribution in [3.8, 4) is 0 Å². The molecule has 1 aliphatic carbocycles. The summed E-state index contributed by atoms with van der Waals surface area (Å²) in [7, 11) is 0. The monoisotopic (exact) mass is 308 g/mol. The largest absolute Gasteiger partial charge is 0.481 e. The molecule has 0 aliphatic heterocycles. The fourth-order valence-corrected chi connectivity index (χ4v) is 4.26. The molecule has 7 heteroatoms. The third kappa shape index (κ3) is 2.42. The van der Waals surface area contributed by atoms with Gasteiger partial charge in [-0.2, -0.15) is 0 Å². The molecule has 0 bridgehead atoms. The number of aromatic nitrogens is 2. The Kier molecular flexibility index (Phi) is 3.44. The molecule has 2 aromatic heterocycles. The van der Waals surface area contributed by atoms with Crippen LogP contribution in [0.15, 0.2) is 9.59 Å². The molecule has 0 amide bonds. The van der Waals surface area contributed by atoms with Crippen LogP contribution in [0.1, 0.15) is 30.2 Å². The van der Waals surface area contributed by atoms with Gasteiger partial charge in [-0.05, 0) is 30.7 Å². The Morgan fingerprint density at radius 2 is 2.24 bits per heavy atom. The van der Waals surface area contributed by atoms with E-state index in [1.807, 2.05) is 0 Å². The second-order valence-electron chi connectivity index (χ2n) is 5.59. The molecular formula is C14H16N2O4S. The zero-order chi connectivity index (χ0) is 15.1. The van der Waals surface area contributed by atoms with Gasteiger partial charge in [0, 0.05) is 11.4 Å². The first-order valence-electron chi connectivity index (χ1n) is 6.96. The summed E-state index contributed by atoms with van der Waals surface area (Å²) >= 11 is 1.48. The molecule has 1 aliphatic rings. The maximum atomic E-state index is 12.5. The SMILES string of the molecule is CC1CCc2c(sc3[nH]c(=O)n(CCC(=O)O)c(=O)c23)C1. The van der Waals surface area contributed by atoms with Crippen LogP contribution in [0.4, 0.5) is 0 Å². The van der Waals surface area contributed by atoms with Crippen LogP contribution in [0.5, 0.6) is 0 Å². The smallest absolute Gasteiger partial charge is 0.329 e. The molecule has 21 heavy (non-hydrogen) atoms. The van der Waals surface area contributed by atoms with E-state index in [-0.39, 0.29) is 18.5 Å². The average molecular weight is 308 g/mol. The number of hydrogen-bond acceptors (Lipinski definition) is 4. The Hall–Kier alpha value is -1.89. The minimum absolute atomic E-state index is 0.0968. The van der Waals surface area contributed by atoms with Gasteiger partial charge in [0.2, 0.25) is 0 Å². The summed E-state index contributed by atoms with van der Waals surface area (Å²) in [5.41, 5.74) is 0.154. The summed E-state index contributed by atoms with van der Waals surface area (Å²) in [6, 6.07) is 0. The van der Waals surface area contributed by atoms with Gasteiger partial charge in [-0.1, -0.05) is 6.92 Å². The molecule has 112 valence electrons. The average Bonchev–Trinajstić information content (AvgIpc) is 2.74. The molecule has 6 nitrogen and oxygen atoms in total. The number of nitrogens with one attached hydrogen (secondary N) is 1. The Morgan fingerprint density at radius 1 is 1.48 bits per heavy atom. The van der Waals surface area contributed by atoms with Gasteiger partial charge in [0.1, 0.15) is 4.83 Å². The van der Waals surface area contributed by atoms with Crippen molar-refractivity contribution >= 4 is 27.5 Å². The van der Waals surface area contributed by atoms with E-state index >= 15 is 0 Å². The van der Waals surface area contributed by atoms with Gasteiger partial charge in [0.15, 0.2) is 0 Å². The minimum Gasteiger partial charge on any atom is -0.481 e. The van der Waals surface area contributed by atoms with Gasteiger partial charge in [0.25, 0.3) is 5.56 Å². The first-order chi connectivity index (χ1) is 9.97. The van der Waals surface area contributed by atoms with Crippen LogP contribution in [0.3, 0.4) is 0 Å². The van der Waals surface area contributed by atoms with E-state index in [2.05, 4.69) is 11.9 Å². The molecular weight excluding hydrogens is 292 g/mol. The number of carboxylic acids is 1. The second-order valence-corrected chi connectivity index (χ2v) is 6.69. The van der Waals surface area contributed by atoms with Crippen LogP contribution < -0.4 is 11.2 Å². The summed E-state index contributed by atoms with van der Waals surface area (Å²) in [6.45, 7) is 2.08. The van der Waals surface area contributed by atoms with Crippen molar-refractivity contribution < 1.29 is 9.90 Å². The summed E-state index contributed by atoms with van der Waals surface area (Å²) in [5.74, 6) is -0.436. The number of carboxylic acid groups (broad SMARTS) is 1. The predicted octanol–water partition coefficient (Wildman–Crippen LogP) is 1.35. The maximum absolute atomic E-state index is 12.5. The number of fused-ring (bicyclic) bond motifs is 3. The zero-order valence-corrected chi connectivity index (χ0v) is 12.5. The van der Waals surface area contributed by atoms with Crippen LogP contribution in [-0.4, -0.2) is 20.6 Å². The van der Waals surface area contributed by atoms with Crippen molar-refractivity contribution in [3.63, 3.8) is 0 Å². The first kappa shape index (κ1) is 14.1. The molecule has 0 saturated heterocycles. The number of H-pyrrole nitrogens is 1. The van der Waals surface area contributed by atoms with Gasteiger partial charge in [-0.25, -0.2) is 4.79 Å². The van der Waals surface area contributed by atoms with E-state index in [1.165, 1.54) is 16.2 Å². The van der Waals surface area contributed by atoms with Gasteiger partial charge in [0.05, 0.1) is 11.8 Å². The number of aromatic amines is 1. The number of aliphatic carboxylic acids is 1. The van der Waals surface area contributed by atoms with Crippen molar-refractivity contribution in [2.75, 3.05) is 0 Å². The number of hydrogen-bond donors (Lipinski definition) is 2. The normalized spacial score (nSPS) is 17.9. The molecule has 1 atom stereocenters. The van der Waals surface area contributed by atoms with Gasteiger partial charge in [-0.3, -0.25) is 19.1 Å². The number of carbonyl (C=O) groups is 1. The number of aryl methyl sites for hydroxylation is 1. The zero-order valence-electron chi connectivity index (χ0n) is 11.6. The maximum Gasteiger partial charge on any atom is 0.329 e. The Bertz CT molecular complexity index is 830. The minimum atomic E-state index is -1.03. The molecule has 2 aromatic rings. The second kappa shape index (κ2) is 5.14. The topological polar surface area (TPSA) is 92.2 Å². The van der Waals surface area contributed by atoms with E-state index in [1.54, 1.807) is 0 Å². The number of rotatable bonds is 3. The molecule has 0 aromatic carbocycles. The molecule has 0 radical (unpaired) electrons. The summed E-state index contributed by atoms with van der Waals surface area (Å²) in [6.07, 6.45) is 2.58. The van der Waals surface area contributed by atoms with Crippen LogP contribution in [0.2, 0.25) is 0 Å². The van der Waals surface area contributed by atoms with Crippen LogP contribution >= 0.6 is 11.3 Å². The lowest BCUT2D eigenvalue weighted by molar-refractivity contribution is -0.137. The van der Waals surface area contributed by atoms with Gasteiger partial charge < -0.3 is 5.11 Å². The van der Waals surface area contributed by atoms with Gasteiger partial charge in [-0.15, -0.1) is 11.3 Å². The molecule has 0 fully saturated rings. The van der Waals surface area contributed by atoms with E-state index in [4.69, 9.17) is 5.11 Å². The third-order valence-corrected chi connectivity index (χ3v) is 5.16. The van der Waals surface area contributed by atoms with Crippen molar-refractivity contribution in [2.45, 2.75) is 39.2 Å². The lowest BCUT2D eigenvalue weighted by Gasteiger charge is -2.17. The fraction of sp³-hybridized carbons (Fsp3) is 0.500. The Morgan fingerprint density at radius 3 is 2.95 bits per heavy atom. The number of nitrogens with zero attached hydrogens (tertiary/aromatic N) is 1. The van der Waals surface area contributed by atoms with Crippen molar-refractivity contribution in [1.29, 1.82) is 0 Å². The molecule has 1 unspecified atom stereocenters. The van der Waals surface area contributed by atoms with Crippen LogP contribution in [0.25, 0.3) is 10.2 Å². The molecule has 3 rings (SSSR count).